The van der Waals surface area contributed by atoms with Crippen LogP contribution in [0.1, 0.15) is 32.1 Å². The minimum absolute atomic E-state index is 0.167. The predicted octanol–water partition coefficient (Wildman–Crippen LogP) is 4.43. The maximum absolute atomic E-state index is 12.6. The molecular weight excluding hydrogens is 309 g/mol. The van der Waals surface area contributed by atoms with Crippen molar-refractivity contribution < 1.29 is 17.9 Å². The van der Waals surface area contributed by atoms with Crippen LogP contribution in [0.15, 0.2) is 22.4 Å². The predicted molar refractivity (Wildman–Crippen MR) is 76.4 cm³/mol. The second-order valence-electron chi connectivity index (χ2n) is 4.26. The quantitative estimate of drug-likeness (QED) is 0.255. The summed E-state index contributed by atoms with van der Waals surface area (Å²) in [5.41, 5.74) is 0.560. The Hall–Kier alpha value is -1.02. The van der Waals surface area contributed by atoms with Gasteiger partial charge in [0.25, 0.3) is 0 Å². The third-order valence-electron chi connectivity index (χ3n) is 2.39. The zero-order valence-corrected chi connectivity index (χ0v) is 13.0. The highest BCUT2D eigenvalue weighted by atomic mass is 32.2. The summed E-state index contributed by atoms with van der Waals surface area (Å²) in [6, 6.07) is -0.167. The van der Waals surface area contributed by atoms with Crippen LogP contribution in [0.2, 0.25) is 0 Å². The van der Waals surface area contributed by atoms with E-state index in [-0.39, 0.29) is 18.2 Å². The molecule has 0 aromatic carbocycles. The van der Waals surface area contributed by atoms with Gasteiger partial charge in [-0.2, -0.15) is 8.78 Å². The number of allylic oxidation sites excluding steroid dienone is 1. The van der Waals surface area contributed by atoms with E-state index >= 15 is 0 Å². The molecule has 1 heterocycles. The molecule has 1 rings (SSSR count). The molecule has 20 heavy (non-hydrogen) atoms. The highest BCUT2D eigenvalue weighted by Crippen LogP contribution is 2.27. The summed E-state index contributed by atoms with van der Waals surface area (Å²) in [4.78, 5) is 4.82. The maximum Gasteiger partial charge on any atom is 0.301 e. The standard InChI is InChI=1S/C12H15F3N2OS2/c1-7(2)17(18)8(3)10-6-16-12(20-10)19-5-4-9(13)11(14)15/h6-7H,4-5H2,1-3H3/b17-8-. The smallest absolute Gasteiger partial charge is 0.301 e. The topological polar surface area (TPSA) is 39.0 Å². The lowest BCUT2D eigenvalue weighted by molar-refractivity contribution is -0.492. The summed E-state index contributed by atoms with van der Waals surface area (Å²) >= 11 is 2.48. The van der Waals surface area contributed by atoms with E-state index in [1.165, 1.54) is 23.1 Å². The monoisotopic (exact) mass is 324 g/mol. The minimum atomic E-state index is -2.27. The van der Waals surface area contributed by atoms with Crippen molar-refractivity contribution in [3.8, 4) is 0 Å². The van der Waals surface area contributed by atoms with E-state index in [2.05, 4.69) is 4.98 Å². The molecule has 0 spiro atoms. The number of hydroxylamine groups is 1. The van der Waals surface area contributed by atoms with Gasteiger partial charge < -0.3 is 5.21 Å². The van der Waals surface area contributed by atoms with Crippen LogP contribution in [-0.4, -0.2) is 27.2 Å². The van der Waals surface area contributed by atoms with Crippen LogP contribution in [0.3, 0.4) is 0 Å². The fraction of sp³-hybridized carbons (Fsp3) is 0.500. The van der Waals surface area contributed by atoms with Gasteiger partial charge in [0.1, 0.15) is 4.88 Å². The van der Waals surface area contributed by atoms with Gasteiger partial charge in [0.05, 0.1) is 6.20 Å². The lowest BCUT2D eigenvalue weighted by Crippen LogP contribution is -2.20. The van der Waals surface area contributed by atoms with Gasteiger partial charge in [-0.1, -0.05) is 11.8 Å². The van der Waals surface area contributed by atoms with Crippen LogP contribution in [0.5, 0.6) is 0 Å². The van der Waals surface area contributed by atoms with Crippen molar-refractivity contribution in [1.82, 2.24) is 4.98 Å². The molecular formula is C12H15F3N2OS2. The molecule has 0 saturated heterocycles. The highest BCUT2D eigenvalue weighted by molar-refractivity contribution is 8.01. The van der Waals surface area contributed by atoms with E-state index < -0.39 is 11.9 Å². The van der Waals surface area contributed by atoms with Crippen LogP contribution >= 0.6 is 23.1 Å². The van der Waals surface area contributed by atoms with Crippen molar-refractivity contribution in [2.75, 3.05) is 5.75 Å². The summed E-state index contributed by atoms with van der Waals surface area (Å²) in [5.74, 6) is -1.21. The normalized spacial score (nSPS) is 12.6. The van der Waals surface area contributed by atoms with Crippen molar-refractivity contribution in [1.29, 1.82) is 0 Å². The number of thiazole rings is 1. The molecule has 1 aromatic rings. The molecule has 0 amide bonds. The summed E-state index contributed by atoms with van der Waals surface area (Å²) in [5, 5.41) is 11.7. The zero-order chi connectivity index (χ0) is 15.3. The van der Waals surface area contributed by atoms with Gasteiger partial charge in [-0.15, -0.1) is 11.3 Å². The van der Waals surface area contributed by atoms with Crippen molar-refractivity contribution in [3.63, 3.8) is 0 Å². The molecule has 0 aliphatic rings. The van der Waals surface area contributed by atoms with Crippen LogP contribution in [0.25, 0.3) is 0 Å². The van der Waals surface area contributed by atoms with Crippen molar-refractivity contribution in [3.05, 3.63) is 28.2 Å². The Morgan fingerprint density at radius 2 is 2.10 bits per heavy atom. The molecule has 8 heteroatoms. The van der Waals surface area contributed by atoms with Gasteiger partial charge >= 0.3 is 6.08 Å². The van der Waals surface area contributed by atoms with Crippen molar-refractivity contribution in [2.24, 2.45) is 0 Å². The molecule has 0 fully saturated rings. The number of halogens is 3. The Morgan fingerprint density at radius 3 is 2.65 bits per heavy atom. The van der Waals surface area contributed by atoms with Crippen molar-refractivity contribution in [2.45, 2.75) is 37.6 Å². The fourth-order valence-electron chi connectivity index (χ4n) is 1.31. The number of rotatable bonds is 6. The Bertz CT molecular complexity index is 523. The second-order valence-corrected chi connectivity index (χ2v) is 6.63. The minimum Gasteiger partial charge on any atom is -0.623 e. The highest BCUT2D eigenvalue weighted by Gasteiger charge is 2.14. The molecule has 0 atom stereocenters. The fourth-order valence-corrected chi connectivity index (χ4v) is 3.29. The maximum atomic E-state index is 12.6. The molecule has 0 unspecified atom stereocenters. The summed E-state index contributed by atoms with van der Waals surface area (Å²) in [6.45, 7) is 5.28. The SMILES string of the molecule is C/C(c1cnc(SCCC(F)=C(F)F)s1)=[N+](/[O-])C(C)C. The molecule has 0 N–H and O–H groups in total. The van der Waals surface area contributed by atoms with Crippen LogP contribution in [0.4, 0.5) is 13.2 Å². The summed E-state index contributed by atoms with van der Waals surface area (Å²) in [7, 11) is 0. The van der Waals surface area contributed by atoms with Gasteiger partial charge in [-0.05, 0) is 13.8 Å². The van der Waals surface area contributed by atoms with Crippen LogP contribution in [-0.2, 0) is 0 Å². The molecule has 0 bridgehead atoms. The van der Waals surface area contributed by atoms with E-state index in [0.717, 1.165) is 9.62 Å². The molecule has 0 saturated carbocycles. The molecule has 0 radical (unpaired) electrons. The number of aromatic nitrogens is 1. The molecule has 3 nitrogen and oxygen atoms in total. The zero-order valence-electron chi connectivity index (χ0n) is 11.3. The van der Waals surface area contributed by atoms with Gasteiger partial charge in [0.2, 0.25) is 5.71 Å². The van der Waals surface area contributed by atoms with Gasteiger partial charge in [-0.3, -0.25) is 0 Å². The number of thioether (sulfide) groups is 1. The van der Waals surface area contributed by atoms with Gasteiger partial charge in [0, 0.05) is 19.1 Å². The largest absolute Gasteiger partial charge is 0.623 e. The number of nitrogens with zero attached hydrogens (tertiary/aromatic N) is 2. The van der Waals surface area contributed by atoms with E-state index in [1.807, 2.05) is 0 Å². The van der Waals surface area contributed by atoms with Crippen molar-refractivity contribution >= 4 is 28.8 Å². The Kier molecular flexibility index (Phi) is 6.54. The lowest BCUT2D eigenvalue weighted by atomic mass is 10.3. The van der Waals surface area contributed by atoms with Gasteiger partial charge in [0.15, 0.2) is 16.2 Å². The Morgan fingerprint density at radius 1 is 1.45 bits per heavy atom. The molecule has 0 aliphatic heterocycles. The Balaban J connectivity index is 2.65. The first-order chi connectivity index (χ1) is 9.32. The molecule has 0 aliphatic carbocycles. The van der Waals surface area contributed by atoms with Crippen LogP contribution in [0, 0.1) is 5.21 Å². The third kappa shape index (κ3) is 4.82. The first kappa shape index (κ1) is 17.0. The van der Waals surface area contributed by atoms with Gasteiger partial charge in [-0.25, -0.2) is 14.1 Å². The first-order valence-corrected chi connectivity index (χ1v) is 7.71. The average Bonchev–Trinajstić information content (AvgIpc) is 2.85. The first-order valence-electron chi connectivity index (χ1n) is 5.91. The van der Waals surface area contributed by atoms with E-state index in [0.29, 0.717) is 10.1 Å². The average molecular weight is 324 g/mol. The third-order valence-corrected chi connectivity index (χ3v) is 4.66. The van der Waals surface area contributed by atoms with Crippen LogP contribution < -0.4 is 0 Å². The van der Waals surface area contributed by atoms with E-state index in [4.69, 9.17) is 0 Å². The summed E-state index contributed by atoms with van der Waals surface area (Å²) in [6.07, 6.45) is -1.03. The lowest BCUT2D eigenvalue weighted by Gasteiger charge is -2.09. The summed E-state index contributed by atoms with van der Waals surface area (Å²) < 4.78 is 37.9. The second kappa shape index (κ2) is 7.68. The molecule has 112 valence electrons. The number of hydrogen-bond donors (Lipinski definition) is 0. The van der Waals surface area contributed by atoms with E-state index in [1.54, 1.807) is 27.0 Å². The Labute approximate surface area is 123 Å². The molecule has 1 aromatic heterocycles. The van der Waals surface area contributed by atoms with E-state index in [9.17, 15) is 18.4 Å². The number of hydrogen-bond acceptors (Lipinski definition) is 4.